The predicted octanol–water partition coefficient (Wildman–Crippen LogP) is 2.13. The van der Waals surface area contributed by atoms with Gasteiger partial charge in [-0.2, -0.15) is 0 Å². The third-order valence-corrected chi connectivity index (χ3v) is 2.91. The molecule has 1 aromatic rings. The molecule has 88 valence electrons. The van der Waals surface area contributed by atoms with Crippen LogP contribution >= 0.6 is 15.9 Å². The Bertz CT molecular complexity index is 377. The highest BCUT2D eigenvalue weighted by atomic mass is 79.9. The lowest BCUT2D eigenvalue weighted by molar-refractivity contribution is -0.119. The van der Waals surface area contributed by atoms with Crippen LogP contribution in [0.1, 0.15) is 5.56 Å². The number of ether oxygens (including phenoxy) is 1. The summed E-state index contributed by atoms with van der Waals surface area (Å²) >= 11 is 3.43. The zero-order valence-corrected chi connectivity index (χ0v) is 11.4. The van der Waals surface area contributed by atoms with Crippen molar-refractivity contribution in [3.8, 4) is 5.75 Å². The standard InChI is InChI=1S/C12H16BrNO2/c1-14(2)8-10(15)6-9-7-11(16-3)4-5-12(9)13/h4-5,7H,6,8H2,1-3H3. The molecule has 1 rings (SSSR count). The first-order valence-electron chi connectivity index (χ1n) is 5.01. The number of carbonyl (C=O) groups is 1. The summed E-state index contributed by atoms with van der Waals surface area (Å²) in [6, 6.07) is 5.65. The molecule has 0 aliphatic heterocycles. The van der Waals surface area contributed by atoms with Gasteiger partial charge in [0.05, 0.1) is 13.7 Å². The van der Waals surface area contributed by atoms with E-state index in [9.17, 15) is 4.79 Å². The number of hydrogen-bond acceptors (Lipinski definition) is 3. The smallest absolute Gasteiger partial charge is 0.151 e. The maximum Gasteiger partial charge on any atom is 0.151 e. The van der Waals surface area contributed by atoms with Crippen LogP contribution in [0.2, 0.25) is 0 Å². The van der Waals surface area contributed by atoms with E-state index >= 15 is 0 Å². The first-order chi connectivity index (χ1) is 7.52. The number of likely N-dealkylation sites (N-methyl/N-ethyl adjacent to an activating group) is 1. The Morgan fingerprint density at radius 1 is 1.44 bits per heavy atom. The number of halogens is 1. The van der Waals surface area contributed by atoms with E-state index in [4.69, 9.17) is 4.74 Å². The van der Waals surface area contributed by atoms with Gasteiger partial charge in [0.15, 0.2) is 5.78 Å². The first-order valence-corrected chi connectivity index (χ1v) is 5.81. The predicted molar refractivity (Wildman–Crippen MR) is 68.0 cm³/mol. The van der Waals surface area contributed by atoms with Gasteiger partial charge in [0.1, 0.15) is 5.75 Å². The Balaban J connectivity index is 2.75. The molecule has 0 heterocycles. The minimum Gasteiger partial charge on any atom is -0.497 e. The molecule has 0 fully saturated rings. The van der Waals surface area contributed by atoms with E-state index in [-0.39, 0.29) is 5.78 Å². The number of hydrogen-bond donors (Lipinski definition) is 0. The van der Waals surface area contributed by atoms with Crippen molar-refractivity contribution in [3.05, 3.63) is 28.2 Å². The number of methoxy groups -OCH3 is 1. The lowest BCUT2D eigenvalue weighted by Gasteiger charge is -2.10. The fraction of sp³-hybridized carbons (Fsp3) is 0.417. The second kappa shape index (κ2) is 6.01. The highest BCUT2D eigenvalue weighted by molar-refractivity contribution is 9.10. The van der Waals surface area contributed by atoms with Crippen molar-refractivity contribution in [1.29, 1.82) is 0 Å². The second-order valence-corrected chi connectivity index (χ2v) is 4.76. The van der Waals surface area contributed by atoms with Crippen LogP contribution in [0, 0.1) is 0 Å². The molecule has 0 bridgehead atoms. The van der Waals surface area contributed by atoms with Gasteiger partial charge in [-0.05, 0) is 37.9 Å². The van der Waals surface area contributed by atoms with Gasteiger partial charge < -0.3 is 9.64 Å². The molecule has 0 atom stereocenters. The topological polar surface area (TPSA) is 29.5 Å². The molecule has 0 saturated heterocycles. The van der Waals surface area contributed by atoms with Crippen molar-refractivity contribution in [2.75, 3.05) is 27.7 Å². The molecule has 0 saturated carbocycles. The zero-order chi connectivity index (χ0) is 12.1. The van der Waals surface area contributed by atoms with Gasteiger partial charge in [-0.3, -0.25) is 4.79 Å². The summed E-state index contributed by atoms with van der Waals surface area (Å²) in [5.41, 5.74) is 0.964. The van der Waals surface area contributed by atoms with Crippen LogP contribution in [0.15, 0.2) is 22.7 Å². The van der Waals surface area contributed by atoms with Gasteiger partial charge in [-0.25, -0.2) is 0 Å². The van der Waals surface area contributed by atoms with E-state index in [0.717, 1.165) is 15.8 Å². The Hall–Kier alpha value is -0.870. The highest BCUT2D eigenvalue weighted by Gasteiger charge is 2.09. The molecule has 0 aromatic heterocycles. The quantitative estimate of drug-likeness (QED) is 0.830. The molecular formula is C12H16BrNO2. The summed E-state index contributed by atoms with van der Waals surface area (Å²) in [6.45, 7) is 0.462. The third kappa shape index (κ3) is 3.94. The van der Waals surface area contributed by atoms with E-state index in [1.807, 2.05) is 37.2 Å². The van der Waals surface area contributed by atoms with Crippen molar-refractivity contribution in [2.24, 2.45) is 0 Å². The second-order valence-electron chi connectivity index (χ2n) is 3.91. The molecule has 1 aromatic carbocycles. The van der Waals surface area contributed by atoms with Crippen LogP contribution in [-0.2, 0) is 11.2 Å². The van der Waals surface area contributed by atoms with Gasteiger partial charge in [0.2, 0.25) is 0 Å². The van der Waals surface area contributed by atoms with Gasteiger partial charge in [0.25, 0.3) is 0 Å². The number of Topliss-reactive ketones (excluding diaryl/α,β-unsaturated/α-hetero) is 1. The Morgan fingerprint density at radius 3 is 2.69 bits per heavy atom. The molecule has 16 heavy (non-hydrogen) atoms. The number of nitrogens with zero attached hydrogens (tertiary/aromatic N) is 1. The average Bonchev–Trinajstić information content (AvgIpc) is 2.20. The molecular weight excluding hydrogens is 270 g/mol. The van der Waals surface area contributed by atoms with Crippen LogP contribution in [0.25, 0.3) is 0 Å². The number of carbonyl (C=O) groups excluding carboxylic acids is 1. The fourth-order valence-corrected chi connectivity index (χ4v) is 1.82. The summed E-state index contributed by atoms with van der Waals surface area (Å²) in [5, 5.41) is 0. The maximum absolute atomic E-state index is 11.7. The van der Waals surface area contributed by atoms with E-state index in [1.165, 1.54) is 0 Å². The Labute approximate surface area is 105 Å². The molecule has 4 heteroatoms. The minimum absolute atomic E-state index is 0.193. The lowest BCUT2D eigenvalue weighted by Crippen LogP contribution is -2.23. The summed E-state index contributed by atoms with van der Waals surface area (Å²) in [5.74, 6) is 0.967. The summed E-state index contributed by atoms with van der Waals surface area (Å²) in [4.78, 5) is 13.5. The van der Waals surface area contributed by atoms with E-state index < -0.39 is 0 Å². The van der Waals surface area contributed by atoms with Crippen molar-refractivity contribution < 1.29 is 9.53 Å². The molecule has 0 amide bonds. The third-order valence-electron chi connectivity index (χ3n) is 2.13. The van der Waals surface area contributed by atoms with Crippen molar-refractivity contribution >= 4 is 21.7 Å². The summed E-state index contributed by atoms with van der Waals surface area (Å²) in [6.07, 6.45) is 0.427. The molecule has 0 unspecified atom stereocenters. The number of ketones is 1. The molecule has 0 N–H and O–H groups in total. The van der Waals surface area contributed by atoms with Crippen LogP contribution in [-0.4, -0.2) is 38.4 Å². The fourth-order valence-electron chi connectivity index (χ4n) is 1.43. The lowest BCUT2D eigenvalue weighted by atomic mass is 10.1. The van der Waals surface area contributed by atoms with Crippen molar-refractivity contribution in [1.82, 2.24) is 4.90 Å². The first kappa shape index (κ1) is 13.2. The highest BCUT2D eigenvalue weighted by Crippen LogP contribution is 2.23. The van der Waals surface area contributed by atoms with E-state index in [1.54, 1.807) is 7.11 Å². The van der Waals surface area contributed by atoms with Crippen LogP contribution < -0.4 is 4.74 Å². The molecule has 3 nitrogen and oxygen atoms in total. The van der Waals surface area contributed by atoms with Crippen LogP contribution in [0.5, 0.6) is 5.75 Å². The van der Waals surface area contributed by atoms with E-state index in [0.29, 0.717) is 13.0 Å². The molecule has 0 spiro atoms. The van der Waals surface area contributed by atoms with Crippen LogP contribution in [0.4, 0.5) is 0 Å². The van der Waals surface area contributed by atoms with Gasteiger partial charge >= 0.3 is 0 Å². The van der Waals surface area contributed by atoms with Gasteiger partial charge in [-0.15, -0.1) is 0 Å². The monoisotopic (exact) mass is 285 g/mol. The molecule has 0 aliphatic rings. The van der Waals surface area contributed by atoms with E-state index in [2.05, 4.69) is 15.9 Å². The largest absolute Gasteiger partial charge is 0.497 e. The normalized spacial score (nSPS) is 10.6. The summed E-state index contributed by atoms with van der Waals surface area (Å²) in [7, 11) is 5.39. The summed E-state index contributed by atoms with van der Waals surface area (Å²) < 4.78 is 6.07. The average molecular weight is 286 g/mol. The Kier molecular flexibility index (Phi) is 4.96. The Morgan fingerprint density at radius 2 is 2.12 bits per heavy atom. The molecule has 0 aliphatic carbocycles. The van der Waals surface area contributed by atoms with Gasteiger partial charge in [-0.1, -0.05) is 15.9 Å². The van der Waals surface area contributed by atoms with Crippen molar-refractivity contribution in [3.63, 3.8) is 0 Å². The number of rotatable bonds is 5. The number of benzene rings is 1. The van der Waals surface area contributed by atoms with Crippen LogP contribution in [0.3, 0.4) is 0 Å². The molecule has 0 radical (unpaired) electrons. The van der Waals surface area contributed by atoms with Gasteiger partial charge in [0, 0.05) is 10.9 Å². The SMILES string of the molecule is COc1ccc(Br)c(CC(=O)CN(C)C)c1. The minimum atomic E-state index is 0.193. The maximum atomic E-state index is 11.7. The zero-order valence-electron chi connectivity index (χ0n) is 9.79. The van der Waals surface area contributed by atoms with Crippen molar-refractivity contribution in [2.45, 2.75) is 6.42 Å².